The third-order valence-corrected chi connectivity index (χ3v) is 3.26. The van der Waals surface area contributed by atoms with Gasteiger partial charge in [-0.3, -0.25) is 4.79 Å². The third-order valence-electron chi connectivity index (χ3n) is 2.93. The first-order valence-electron chi connectivity index (χ1n) is 6.36. The normalized spacial score (nSPS) is 13.1. The maximum absolute atomic E-state index is 11.1. The average molecular weight is 284 g/mol. The Labute approximate surface area is 120 Å². The first-order chi connectivity index (χ1) is 8.84. The van der Waals surface area contributed by atoms with Crippen LogP contribution in [0.3, 0.4) is 0 Å². The second kappa shape index (κ2) is 6.92. The van der Waals surface area contributed by atoms with Gasteiger partial charge in [-0.05, 0) is 16.5 Å². The van der Waals surface area contributed by atoms with Crippen LogP contribution in [-0.4, -0.2) is 25.0 Å². The highest BCUT2D eigenvalue weighted by atomic mass is 35.5. The van der Waals surface area contributed by atoms with Crippen molar-refractivity contribution < 1.29 is 9.53 Å². The first kappa shape index (κ1) is 16.0. The van der Waals surface area contributed by atoms with Crippen molar-refractivity contribution in [1.29, 1.82) is 0 Å². The monoisotopic (exact) mass is 283 g/mol. The maximum atomic E-state index is 11.1. The van der Waals surface area contributed by atoms with Crippen molar-refractivity contribution >= 4 is 17.6 Å². The quantitative estimate of drug-likeness (QED) is 0.667. The Morgan fingerprint density at radius 2 is 1.89 bits per heavy atom. The Balaban J connectivity index is 2.45. The van der Waals surface area contributed by atoms with Gasteiger partial charge < -0.3 is 10.1 Å². The molecule has 0 spiro atoms. The summed E-state index contributed by atoms with van der Waals surface area (Å²) in [7, 11) is 1.34. The van der Waals surface area contributed by atoms with Crippen molar-refractivity contribution in [3.05, 3.63) is 35.4 Å². The number of nitrogens with one attached hydrogen (secondary N) is 1. The summed E-state index contributed by atoms with van der Waals surface area (Å²) >= 11 is 5.85. The van der Waals surface area contributed by atoms with Crippen molar-refractivity contribution in [3.8, 4) is 0 Å². The van der Waals surface area contributed by atoms with Gasteiger partial charge >= 0.3 is 5.97 Å². The van der Waals surface area contributed by atoms with Gasteiger partial charge in [-0.1, -0.05) is 45.0 Å². The van der Waals surface area contributed by atoms with Crippen LogP contribution in [-0.2, 0) is 21.5 Å². The molecule has 1 atom stereocenters. The van der Waals surface area contributed by atoms with Crippen LogP contribution in [0.1, 0.15) is 31.9 Å². The molecule has 0 saturated carbocycles. The fourth-order valence-corrected chi connectivity index (χ4v) is 1.88. The van der Waals surface area contributed by atoms with E-state index in [1.54, 1.807) is 0 Å². The summed E-state index contributed by atoms with van der Waals surface area (Å²) in [5.74, 6) is -0.405. The van der Waals surface area contributed by atoms with E-state index in [9.17, 15) is 4.79 Å². The zero-order chi connectivity index (χ0) is 14.5. The molecule has 106 valence electrons. The number of halogens is 1. The average Bonchev–Trinajstić information content (AvgIpc) is 2.37. The van der Waals surface area contributed by atoms with Crippen LogP contribution in [0.4, 0.5) is 0 Å². The molecule has 0 radical (unpaired) electrons. The number of carbonyl (C=O) groups is 1. The van der Waals surface area contributed by atoms with E-state index in [0.29, 0.717) is 13.1 Å². The zero-order valence-corrected chi connectivity index (χ0v) is 12.8. The van der Waals surface area contributed by atoms with E-state index in [0.717, 1.165) is 0 Å². The highest BCUT2D eigenvalue weighted by molar-refractivity contribution is 6.30. The van der Waals surface area contributed by atoms with E-state index in [4.69, 9.17) is 11.6 Å². The lowest BCUT2D eigenvalue weighted by atomic mass is 9.87. The molecule has 19 heavy (non-hydrogen) atoms. The van der Waals surface area contributed by atoms with Gasteiger partial charge in [-0.2, -0.15) is 0 Å². The van der Waals surface area contributed by atoms with E-state index >= 15 is 0 Å². The van der Waals surface area contributed by atoms with E-state index in [2.05, 4.69) is 55.1 Å². The lowest BCUT2D eigenvalue weighted by molar-refractivity contribution is -0.140. The number of hydrogen-bond donors (Lipinski definition) is 1. The van der Waals surface area contributed by atoms with Crippen LogP contribution >= 0.6 is 11.6 Å². The molecular formula is C15H22ClNO2. The van der Waals surface area contributed by atoms with Gasteiger partial charge in [0.2, 0.25) is 0 Å². The van der Waals surface area contributed by atoms with E-state index in [1.165, 1.54) is 18.2 Å². The fourth-order valence-electron chi connectivity index (χ4n) is 1.68. The zero-order valence-electron chi connectivity index (χ0n) is 12.0. The SMILES string of the molecule is COC(=O)C(Cl)CNCc1ccc(C(C)(C)C)cc1. The van der Waals surface area contributed by atoms with Crippen molar-refractivity contribution in [2.24, 2.45) is 0 Å². The molecule has 0 saturated heterocycles. The Morgan fingerprint density at radius 1 is 1.32 bits per heavy atom. The summed E-state index contributed by atoms with van der Waals surface area (Å²) < 4.78 is 4.56. The van der Waals surface area contributed by atoms with Gasteiger partial charge in [0.15, 0.2) is 0 Å². The molecule has 0 bridgehead atoms. The third kappa shape index (κ3) is 5.21. The van der Waals surface area contributed by atoms with Crippen LogP contribution in [0.25, 0.3) is 0 Å². The summed E-state index contributed by atoms with van der Waals surface area (Å²) in [4.78, 5) is 11.1. The highest BCUT2D eigenvalue weighted by Gasteiger charge is 2.15. The Morgan fingerprint density at radius 3 is 2.37 bits per heavy atom. The molecule has 0 aliphatic heterocycles. The van der Waals surface area contributed by atoms with Gasteiger partial charge in [0.05, 0.1) is 7.11 Å². The number of rotatable bonds is 5. The predicted molar refractivity (Wildman–Crippen MR) is 78.5 cm³/mol. The molecule has 0 fully saturated rings. The molecule has 1 aromatic rings. The highest BCUT2D eigenvalue weighted by Crippen LogP contribution is 2.22. The summed E-state index contributed by atoms with van der Waals surface area (Å²) in [6, 6.07) is 8.45. The lowest BCUT2D eigenvalue weighted by Crippen LogP contribution is -2.29. The predicted octanol–water partition coefficient (Wildman–Crippen LogP) is 2.85. The minimum atomic E-state index is -0.640. The van der Waals surface area contributed by atoms with Crippen LogP contribution in [0, 0.1) is 0 Å². The summed E-state index contributed by atoms with van der Waals surface area (Å²) in [5, 5.41) is 2.50. The second-order valence-electron chi connectivity index (χ2n) is 5.57. The summed E-state index contributed by atoms with van der Waals surface area (Å²) in [5.41, 5.74) is 2.64. The first-order valence-corrected chi connectivity index (χ1v) is 6.80. The number of benzene rings is 1. The number of methoxy groups -OCH3 is 1. The molecule has 3 nitrogen and oxygen atoms in total. The standard InChI is InChI=1S/C15H22ClNO2/c1-15(2,3)12-7-5-11(6-8-12)9-17-10-13(16)14(18)19-4/h5-8,13,17H,9-10H2,1-4H3. The van der Waals surface area contributed by atoms with Crippen molar-refractivity contribution in [2.75, 3.05) is 13.7 Å². The van der Waals surface area contributed by atoms with Crippen LogP contribution < -0.4 is 5.32 Å². The molecule has 1 N–H and O–H groups in total. The smallest absolute Gasteiger partial charge is 0.325 e. The maximum Gasteiger partial charge on any atom is 0.325 e. The number of hydrogen-bond acceptors (Lipinski definition) is 3. The number of esters is 1. The molecule has 1 unspecified atom stereocenters. The van der Waals surface area contributed by atoms with Gasteiger partial charge in [-0.25, -0.2) is 0 Å². The molecule has 4 heteroatoms. The lowest BCUT2D eigenvalue weighted by Gasteiger charge is -2.19. The van der Waals surface area contributed by atoms with Crippen LogP contribution in [0.15, 0.2) is 24.3 Å². The largest absolute Gasteiger partial charge is 0.468 e. The summed E-state index contributed by atoms with van der Waals surface area (Å²) in [6.07, 6.45) is 0. The number of ether oxygens (including phenoxy) is 1. The Hall–Kier alpha value is -1.06. The van der Waals surface area contributed by atoms with Crippen LogP contribution in [0.2, 0.25) is 0 Å². The van der Waals surface area contributed by atoms with Crippen molar-refractivity contribution in [1.82, 2.24) is 5.32 Å². The van der Waals surface area contributed by atoms with Gasteiger partial charge in [0.25, 0.3) is 0 Å². The molecule has 0 aromatic heterocycles. The van der Waals surface area contributed by atoms with E-state index in [-0.39, 0.29) is 5.41 Å². The molecular weight excluding hydrogens is 262 g/mol. The minimum Gasteiger partial charge on any atom is -0.468 e. The van der Waals surface area contributed by atoms with E-state index < -0.39 is 11.3 Å². The number of alkyl halides is 1. The van der Waals surface area contributed by atoms with Gasteiger partial charge in [-0.15, -0.1) is 11.6 Å². The minimum absolute atomic E-state index is 0.165. The van der Waals surface area contributed by atoms with E-state index in [1.807, 2.05) is 0 Å². The molecule has 0 heterocycles. The fraction of sp³-hybridized carbons (Fsp3) is 0.533. The molecule has 1 aromatic carbocycles. The Kier molecular flexibility index (Phi) is 5.83. The molecule has 0 amide bonds. The number of carbonyl (C=O) groups excluding carboxylic acids is 1. The molecule has 0 aliphatic rings. The second-order valence-corrected chi connectivity index (χ2v) is 6.10. The van der Waals surface area contributed by atoms with Crippen LogP contribution in [0.5, 0.6) is 0 Å². The molecule has 1 rings (SSSR count). The van der Waals surface area contributed by atoms with Gasteiger partial charge in [0, 0.05) is 13.1 Å². The summed E-state index contributed by atoms with van der Waals surface area (Å²) in [6.45, 7) is 7.65. The topological polar surface area (TPSA) is 38.3 Å². The Bertz CT molecular complexity index is 409. The van der Waals surface area contributed by atoms with Crippen molar-refractivity contribution in [3.63, 3.8) is 0 Å². The van der Waals surface area contributed by atoms with Gasteiger partial charge in [0.1, 0.15) is 5.38 Å². The molecule has 0 aliphatic carbocycles. The van der Waals surface area contributed by atoms with Crippen molar-refractivity contribution in [2.45, 2.75) is 38.1 Å².